The molecule has 1 amide bonds. The van der Waals surface area contributed by atoms with Crippen LogP contribution in [0.5, 0.6) is 0 Å². The van der Waals surface area contributed by atoms with Gasteiger partial charge in [-0.15, -0.1) is 11.8 Å². The lowest BCUT2D eigenvalue weighted by Crippen LogP contribution is -2.28. The topological polar surface area (TPSA) is 41.6 Å². The predicted octanol–water partition coefficient (Wildman–Crippen LogP) is 0.735. The van der Waals surface area contributed by atoms with Crippen LogP contribution >= 0.6 is 37.4 Å². The zero-order valence-electron chi connectivity index (χ0n) is 5.56. The Kier molecular flexibility index (Phi) is 3.70. The minimum absolute atomic E-state index is 0.246. The minimum atomic E-state index is -0.566. The summed E-state index contributed by atoms with van der Waals surface area (Å²) >= 11 is 8.84. The summed E-state index contributed by atoms with van der Waals surface area (Å²) in [4.78, 5) is 10.8. The highest BCUT2D eigenvalue weighted by molar-refractivity contribution is 8.00. The van der Waals surface area contributed by atoms with Crippen molar-refractivity contribution in [2.45, 2.75) is 5.56 Å². The predicted molar refractivity (Wildman–Crippen MR) is 50.5 cm³/mol. The lowest BCUT2D eigenvalue weighted by Gasteiger charge is -2.13. The molecular formula is C4H8N2O2S3. The molecule has 11 heavy (non-hydrogen) atoms. The third-order valence-electron chi connectivity index (χ3n) is 1.05. The molecule has 1 atom stereocenters. The number of carbonyl (C=O) groups excluding carboxylic acids is 1. The van der Waals surface area contributed by atoms with Gasteiger partial charge in [0.1, 0.15) is 0 Å². The Bertz CT molecular complexity index is 148. The largest absolute Gasteiger partial charge is 0.432 e. The third-order valence-corrected chi connectivity index (χ3v) is 2.39. The van der Waals surface area contributed by atoms with Crippen molar-refractivity contribution in [3.05, 3.63) is 0 Å². The van der Waals surface area contributed by atoms with Gasteiger partial charge < -0.3 is 4.74 Å². The van der Waals surface area contributed by atoms with Crippen molar-refractivity contribution in [1.29, 1.82) is 0 Å². The SMILES string of the molecule is O=C(OC1NCCS1)N(S)S. The van der Waals surface area contributed by atoms with E-state index in [2.05, 4.69) is 30.9 Å². The summed E-state index contributed by atoms with van der Waals surface area (Å²) in [7, 11) is 0. The van der Waals surface area contributed by atoms with E-state index in [1.807, 2.05) is 0 Å². The molecule has 1 aliphatic heterocycles. The van der Waals surface area contributed by atoms with Gasteiger partial charge in [0.2, 0.25) is 5.56 Å². The normalized spacial score (nSPS) is 23.3. The Balaban J connectivity index is 2.24. The van der Waals surface area contributed by atoms with E-state index in [0.717, 1.165) is 16.0 Å². The number of thioether (sulfide) groups is 1. The molecule has 0 aromatic rings. The number of nitrogens with zero attached hydrogens (tertiary/aromatic N) is 1. The first kappa shape index (κ1) is 9.37. The van der Waals surface area contributed by atoms with Crippen LogP contribution in [0.3, 0.4) is 0 Å². The van der Waals surface area contributed by atoms with Crippen LogP contribution < -0.4 is 5.32 Å². The fraction of sp³-hybridized carbons (Fsp3) is 0.750. The molecule has 1 rings (SSSR count). The molecule has 0 aliphatic carbocycles. The molecule has 0 bridgehead atoms. The highest BCUT2D eigenvalue weighted by atomic mass is 32.2. The summed E-state index contributed by atoms with van der Waals surface area (Å²) in [5.74, 6) is 0.955. The zero-order valence-corrected chi connectivity index (χ0v) is 8.16. The zero-order chi connectivity index (χ0) is 8.27. The maximum atomic E-state index is 10.8. The van der Waals surface area contributed by atoms with Gasteiger partial charge in [-0.1, -0.05) is 0 Å². The number of hydrogen-bond acceptors (Lipinski definition) is 6. The van der Waals surface area contributed by atoms with E-state index in [1.165, 1.54) is 11.8 Å². The van der Waals surface area contributed by atoms with Crippen molar-refractivity contribution in [1.82, 2.24) is 9.03 Å². The fourth-order valence-electron chi connectivity index (χ4n) is 0.616. The van der Waals surface area contributed by atoms with Crippen LogP contribution in [-0.2, 0) is 4.74 Å². The molecule has 0 saturated carbocycles. The van der Waals surface area contributed by atoms with Gasteiger partial charge in [-0.05, 0) is 25.6 Å². The fourth-order valence-corrected chi connectivity index (χ4v) is 1.55. The van der Waals surface area contributed by atoms with Gasteiger partial charge in [0.25, 0.3) is 0 Å². The first-order chi connectivity index (χ1) is 5.20. The van der Waals surface area contributed by atoms with Crippen molar-refractivity contribution in [3.8, 4) is 0 Å². The van der Waals surface area contributed by atoms with E-state index >= 15 is 0 Å². The summed E-state index contributed by atoms with van der Waals surface area (Å²) in [6, 6.07) is 0. The smallest absolute Gasteiger partial charge is 0.419 e. The number of amides is 1. The van der Waals surface area contributed by atoms with E-state index in [9.17, 15) is 4.79 Å². The molecule has 1 unspecified atom stereocenters. The van der Waals surface area contributed by atoms with Crippen molar-refractivity contribution in [3.63, 3.8) is 0 Å². The molecule has 1 heterocycles. The van der Waals surface area contributed by atoms with E-state index in [1.54, 1.807) is 0 Å². The molecule has 1 aliphatic rings. The standard InChI is InChI=1S/C4H8N2O2S3/c7-4(6(9)10)8-3-5-1-2-11-3/h3,5,9-10H,1-2H2. The Morgan fingerprint density at radius 3 is 2.91 bits per heavy atom. The first-order valence-electron chi connectivity index (χ1n) is 2.93. The van der Waals surface area contributed by atoms with Crippen molar-refractivity contribution < 1.29 is 9.53 Å². The van der Waals surface area contributed by atoms with Crippen molar-refractivity contribution in [2.24, 2.45) is 0 Å². The highest BCUT2D eigenvalue weighted by Crippen LogP contribution is 2.16. The Hall–Kier alpha value is 0.280. The molecule has 0 spiro atoms. The molecular weight excluding hydrogens is 204 g/mol. The maximum absolute atomic E-state index is 10.8. The molecule has 64 valence electrons. The van der Waals surface area contributed by atoms with Crippen LogP contribution in [0.1, 0.15) is 0 Å². The second-order valence-corrected chi connectivity index (χ2v) is 4.12. The van der Waals surface area contributed by atoms with E-state index in [0.29, 0.717) is 0 Å². The molecule has 1 saturated heterocycles. The molecule has 0 aromatic carbocycles. The summed E-state index contributed by atoms with van der Waals surface area (Å²) in [6.45, 7) is 0.863. The van der Waals surface area contributed by atoms with Gasteiger partial charge in [-0.3, -0.25) is 5.32 Å². The van der Waals surface area contributed by atoms with Gasteiger partial charge in [-0.2, -0.15) is 3.71 Å². The van der Waals surface area contributed by atoms with Gasteiger partial charge >= 0.3 is 6.09 Å². The number of rotatable bonds is 1. The number of ether oxygens (including phenoxy) is 1. The Morgan fingerprint density at radius 1 is 1.73 bits per heavy atom. The molecule has 4 nitrogen and oxygen atoms in total. The van der Waals surface area contributed by atoms with E-state index in [-0.39, 0.29) is 5.56 Å². The maximum Gasteiger partial charge on any atom is 0.432 e. The number of thiol groups is 2. The lowest BCUT2D eigenvalue weighted by molar-refractivity contribution is 0.123. The number of nitrogens with one attached hydrogen (secondary N) is 1. The average Bonchev–Trinajstić information content (AvgIpc) is 2.39. The van der Waals surface area contributed by atoms with Gasteiger partial charge in [0.15, 0.2) is 0 Å². The van der Waals surface area contributed by atoms with Crippen LogP contribution in [0.2, 0.25) is 0 Å². The van der Waals surface area contributed by atoms with Crippen LogP contribution in [0, 0.1) is 0 Å². The van der Waals surface area contributed by atoms with Crippen LogP contribution in [0.15, 0.2) is 0 Å². The summed E-state index contributed by atoms with van der Waals surface area (Å²) in [6.07, 6.45) is -0.566. The van der Waals surface area contributed by atoms with Crippen LogP contribution in [-0.4, -0.2) is 27.7 Å². The molecule has 1 fully saturated rings. The summed E-state index contributed by atoms with van der Waals surface area (Å²) < 4.78 is 5.66. The molecule has 7 heteroatoms. The highest BCUT2D eigenvalue weighted by Gasteiger charge is 2.20. The van der Waals surface area contributed by atoms with Crippen LogP contribution in [0.25, 0.3) is 0 Å². The van der Waals surface area contributed by atoms with Crippen LogP contribution in [0.4, 0.5) is 4.79 Å². The summed E-state index contributed by atoms with van der Waals surface area (Å²) in [5.41, 5.74) is -0.246. The lowest BCUT2D eigenvalue weighted by atomic mass is 10.8. The van der Waals surface area contributed by atoms with Gasteiger partial charge in [0, 0.05) is 12.3 Å². The van der Waals surface area contributed by atoms with E-state index in [4.69, 9.17) is 4.74 Å². The first-order valence-corrected chi connectivity index (χ1v) is 4.78. The van der Waals surface area contributed by atoms with E-state index < -0.39 is 6.09 Å². The average molecular weight is 212 g/mol. The quantitative estimate of drug-likeness (QED) is 0.561. The minimum Gasteiger partial charge on any atom is -0.419 e. The van der Waals surface area contributed by atoms with Gasteiger partial charge in [0.05, 0.1) is 0 Å². The monoisotopic (exact) mass is 212 g/mol. The Labute approximate surface area is 80.1 Å². The molecule has 0 aromatic heterocycles. The number of hydrogen-bond donors (Lipinski definition) is 3. The second kappa shape index (κ2) is 4.34. The number of carbonyl (C=O) groups is 1. The molecule has 0 radical (unpaired) electrons. The second-order valence-electron chi connectivity index (χ2n) is 1.83. The Morgan fingerprint density at radius 2 is 2.45 bits per heavy atom. The van der Waals surface area contributed by atoms with Crippen molar-refractivity contribution in [2.75, 3.05) is 12.3 Å². The van der Waals surface area contributed by atoms with Crippen molar-refractivity contribution >= 4 is 43.5 Å². The molecule has 1 N–H and O–H groups in total. The summed E-state index contributed by atoms with van der Waals surface area (Å²) in [5, 5.41) is 2.97. The third kappa shape index (κ3) is 3.02. The van der Waals surface area contributed by atoms with Gasteiger partial charge in [-0.25, -0.2) is 4.79 Å².